The van der Waals surface area contributed by atoms with E-state index in [1.807, 2.05) is 19.1 Å². The molecule has 2 N–H and O–H groups in total. The lowest BCUT2D eigenvalue weighted by atomic mass is 10.1. The highest BCUT2D eigenvalue weighted by Crippen LogP contribution is 2.44. The van der Waals surface area contributed by atoms with Crippen LogP contribution in [0.3, 0.4) is 0 Å². The highest BCUT2D eigenvalue weighted by Gasteiger charge is 2.41. The van der Waals surface area contributed by atoms with Crippen LogP contribution in [0.1, 0.15) is 18.5 Å². The van der Waals surface area contributed by atoms with Crippen molar-refractivity contribution in [3.8, 4) is 0 Å². The number of hydrogen-bond donors (Lipinski definition) is 2. The molecular weight excluding hydrogens is 176 g/mol. The number of nitrogens with zero attached hydrogens (tertiary/aromatic N) is 1. The molecule has 1 aromatic rings. The first-order valence-corrected chi connectivity index (χ1v) is 5.02. The quantitative estimate of drug-likeness (QED) is 0.761. The van der Waals surface area contributed by atoms with E-state index in [9.17, 15) is 0 Å². The molecule has 3 heteroatoms. The zero-order valence-electron chi connectivity index (χ0n) is 8.45. The summed E-state index contributed by atoms with van der Waals surface area (Å²) in [6, 6.07) is 3.98. The maximum atomic E-state index is 9.14. The first-order valence-electron chi connectivity index (χ1n) is 5.02. The molecule has 1 saturated carbocycles. The molecule has 1 aliphatic carbocycles. The summed E-state index contributed by atoms with van der Waals surface area (Å²) in [6.45, 7) is 3.14. The van der Waals surface area contributed by atoms with Gasteiger partial charge in [0.05, 0.1) is 6.61 Å². The molecule has 0 radical (unpaired) electrons. The van der Waals surface area contributed by atoms with E-state index in [4.69, 9.17) is 5.11 Å². The largest absolute Gasteiger partial charge is 0.396 e. The fraction of sp³-hybridized carbons (Fsp3) is 0.545. The molecule has 2 rings (SSSR count). The summed E-state index contributed by atoms with van der Waals surface area (Å²) in [4.78, 5) is 4.13. The Morgan fingerprint density at radius 2 is 2.36 bits per heavy atom. The molecule has 0 atom stereocenters. The second-order valence-corrected chi connectivity index (χ2v) is 4.20. The Morgan fingerprint density at radius 3 is 2.93 bits per heavy atom. The smallest absolute Gasteiger partial charge is 0.0504 e. The molecule has 3 nitrogen and oxygen atoms in total. The van der Waals surface area contributed by atoms with Gasteiger partial charge in [-0.2, -0.15) is 0 Å². The first kappa shape index (κ1) is 9.46. The molecule has 0 amide bonds. The number of nitrogens with one attached hydrogen (secondary N) is 1. The van der Waals surface area contributed by atoms with Crippen molar-refractivity contribution in [2.45, 2.75) is 19.8 Å². The fourth-order valence-electron chi connectivity index (χ4n) is 1.51. The first-order chi connectivity index (χ1) is 6.74. The zero-order valence-corrected chi connectivity index (χ0v) is 8.45. The Balaban J connectivity index is 1.92. The van der Waals surface area contributed by atoms with Gasteiger partial charge < -0.3 is 10.4 Å². The highest BCUT2D eigenvalue weighted by atomic mass is 16.3. The van der Waals surface area contributed by atoms with Crippen LogP contribution >= 0.6 is 0 Å². The van der Waals surface area contributed by atoms with Crippen molar-refractivity contribution in [1.29, 1.82) is 0 Å². The van der Waals surface area contributed by atoms with Crippen LogP contribution in [0.15, 0.2) is 18.3 Å². The van der Waals surface area contributed by atoms with E-state index >= 15 is 0 Å². The fourth-order valence-corrected chi connectivity index (χ4v) is 1.51. The van der Waals surface area contributed by atoms with E-state index in [-0.39, 0.29) is 5.41 Å². The number of anilines is 1. The van der Waals surface area contributed by atoms with E-state index in [1.54, 1.807) is 6.20 Å². The van der Waals surface area contributed by atoms with Gasteiger partial charge in [-0.15, -0.1) is 0 Å². The highest BCUT2D eigenvalue weighted by molar-refractivity contribution is 5.43. The van der Waals surface area contributed by atoms with Crippen LogP contribution in [0.5, 0.6) is 0 Å². The zero-order chi connectivity index (χ0) is 10.0. The molecule has 0 saturated heterocycles. The van der Waals surface area contributed by atoms with Crippen LogP contribution in [0.25, 0.3) is 0 Å². The number of aliphatic hydroxyl groups excluding tert-OH is 1. The lowest BCUT2D eigenvalue weighted by Crippen LogP contribution is -2.19. The molecule has 0 bridgehead atoms. The summed E-state index contributed by atoms with van der Waals surface area (Å²) < 4.78 is 0. The van der Waals surface area contributed by atoms with Crippen LogP contribution in [-0.2, 0) is 0 Å². The molecule has 1 fully saturated rings. The predicted octanol–water partition coefficient (Wildman–Crippen LogP) is 1.57. The predicted molar refractivity (Wildman–Crippen MR) is 56.2 cm³/mol. The van der Waals surface area contributed by atoms with Crippen molar-refractivity contribution in [3.63, 3.8) is 0 Å². The van der Waals surface area contributed by atoms with Gasteiger partial charge in [-0.05, 0) is 31.9 Å². The Labute approximate surface area is 84.2 Å². The minimum absolute atomic E-state index is 0.164. The third kappa shape index (κ3) is 2.04. The molecule has 14 heavy (non-hydrogen) atoms. The van der Waals surface area contributed by atoms with E-state index in [2.05, 4.69) is 10.3 Å². The SMILES string of the molecule is Cc1cc(NCC2(CO)CC2)ccn1. The lowest BCUT2D eigenvalue weighted by Gasteiger charge is -2.13. The Bertz CT molecular complexity index is 321. The molecule has 1 aromatic heterocycles. The van der Waals surface area contributed by atoms with E-state index in [0.29, 0.717) is 6.61 Å². The Hall–Kier alpha value is -1.09. The number of rotatable bonds is 4. The lowest BCUT2D eigenvalue weighted by molar-refractivity contribution is 0.220. The Kier molecular flexibility index (Phi) is 2.42. The molecular formula is C11H16N2O. The molecule has 1 heterocycles. The van der Waals surface area contributed by atoms with Crippen molar-refractivity contribution in [2.24, 2.45) is 5.41 Å². The topological polar surface area (TPSA) is 45.1 Å². The number of hydrogen-bond acceptors (Lipinski definition) is 3. The molecule has 0 spiro atoms. The summed E-state index contributed by atoms with van der Waals surface area (Å²) in [5.41, 5.74) is 2.28. The average molecular weight is 192 g/mol. The van der Waals surface area contributed by atoms with Crippen LogP contribution in [-0.4, -0.2) is 23.2 Å². The van der Waals surface area contributed by atoms with Crippen molar-refractivity contribution < 1.29 is 5.11 Å². The summed E-state index contributed by atoms with van der Waals surface area (Å²) in [7, 11) is 0. The molecule has 0 aliphatic heterocycles. The van der Waals surface area contributed by atoms with Crippen molar-refractivity contribution in [3.05, 3.63) is 24.0 Å². The van der Waals surface area contributed by atoms with E-state index < -0.39 is 0 Å². The van der Waals surface area contributed by atoms with Gasteiger partial charge in [0.2, 0.25) is 0 Å². The number of aryl methyl sites for hydroxylation is 1. The third-order valence-electron chi connectivity index (χ3n) is 2.86. The van der Waals surface area contributed by atoms with Gasteiger partial charge in [0.15, 0.2) is 0 Å². The molecule has 0 unspecified atom stereocenters. The van der Waals surface area contributed by atoms with Gasteiger partial charge in [0, 0.05) is 29.5 Å². The van der Waals surface area contributed by atoms with Crippen LogP contribution in [0.2, 0.25) is 0 Å². The van der Waals surface area contributed by atoms with Crippen LogP contribution < -0.4 is 5.32 Å². The van der Waals surface area contributed by atoms with Gasteiger partial charge in [0.1, 0.15) is 0 Å². The number of aromatic nitrogens is 1. The molecule has 1 aliphatic rings. The van der Waals surface area contributed by atoms with Gasteiger partial charge >= 0.3 is 0 Å². The minimum Gasteiger partial charge on any atom is -0.396 e. The maximum Gasteiger partial charge on any atom is 0.0504 e. The summed E-state index contributed by atoms with van der Waals surface area (Å²) in [5.74, 6) is 0. The number of aliphatic hydroxyl groups is 1. The molecule has 76 valence electrons. The second-order valence-electron chi connectivity index (χ2n) is 4.20. The van der Waals surface area contributed by atoms with E-state index in [0.717, 1.165) is 30.8 Å². The molecule has 0 aromatic carbocycles. The summed E-state index contributed by atoms with van der Waals surface area (Å²) >= 11 is 0. The van der Waals surface area contributed by atoms with Gasteiger partial charge in [-0.25, -0.2) is 0 Å². The second kappa shape index (κ2) is 3.58. The normalized spacial score (nSPS) is 17.9. The van der Waals surface area contributed by atoms with Gasteiger partial charge in [0.25, 0.3) is 0 Å². The third-order valence-corrected chi connectivity index (χ3v) is 2.86. The van der Waals surface area contributed by atoms with Gasteiger partial charge in [-0.1, -0.05) is 0 Å². The van der Waals surface area contributed by atoms with E-state index in [1.165, 1.54) is 0 Å². The monoisotopic (exact) mass is 192 g/mol. The maximum absolute atomic E-state index is 9.14. The van der Waals surface area contributed by atoms with Crippen molar-refractivity contribution >= 4 is 5.69 Å². The van der Waals surface area contributed by atoms with Crippen LogP contribution in [0, 0.1) is 12.3 Å². The minimum atomic E-state index is 0.164. The average Bonchev–Trinajstić information content (AvgIpc) is 2.96. The van der Waals surface area contributed by atoms with Crippen molar-refractivity contribution in [2.75, 3.05) is 18.5 Å². The Morgan fingerprint density at radius 1 is 1.57 bits per heavy atom. The summed E-state index contributed by atoms with van der Waals surface area (Å²) in [5, 5.41) is 12.5. The number of pyridine rings is 1. The van der Waals surface area contributed by atoms with Gasteiger partial charge in [-0.3, -0.25) is 4.98 Å². The van der Waals surface area contributed by atoms with Crippen LogP contribution in [0.4, 0.5) is 5.69 Å². The standard InChI is InChI=1S/C11H16N2O/c1-9-6-10(2-5-12-9)13-7-11(8-14)3-4-11/h2,5-6,14H,3-4,7-8H2,1H3,(H,12,13). The van der Waals surface area contributed by atoms with Crippen molar-refractivity contribution in [1.82, 2.24) is 4.98 Å². The summed E-state index contributed by atoms with van der Waals surface area (Å²) in [6.07, 6.45) is 4.08.